The molecule has 0 aliphatic heterocycles. The zero-order valence-corrected chi connectivity index (χ0v) is 12.3. The van der Waals surface area contributed by atoms with Crippen molar-refractivity contribution < 1.29 is 0 Å². The number of nitrogens with two attached hydrogens (primary N) is 1. The van der Waals surface area contributed by atoms with Gasteiger partial charge in [0.05, 0.1) is 6.54 Å². The first kappa shape index (κ1) is 15.2. The third-order valence-electron chi connectivity index (χ3n) is 2.59. The van der Waals surface area contributed by atoms with Gasteiger partial charge in [-0.2, -0.15) is 0 Å². The molecule has 0 aromatic heterocycles. The zero-order valence-electron chi connectivity index (χ0n) is 10.6. The predicted octanol–water partition coefficient (Wildman–Crippen LogP) is 2.87. The SMILES string of the molecule is Br.NC(=NCc1ccccc1)NCc1ccccc1. The fraction of sp³-hybridized carbons (Fsp3) is 0.133. The minimum atomic E-state index is 0. The van der Waals surface area contributed by atoms with Gasteiger partial charge < -0.3 is 11.1 Å². The van der Waals surface area contributed by atoms with E-state index in [0.717, 1.165) is 5.56 Å². The summed E-state index contributed by atoms with van der Waals surface area (Å²) in [6.07, 6.45) is 0. The van der Waals surface area contributed by atoms with E-state index in [1.165, 1.54) is 5.56 Å². The smallest absolute Gasteiger partial charge is 0.189 e. The first-order valence-electron chi connectivity index (χ1n) is 5.96. The average molecular weight is 320 g/mol. The summed E-state index contributed by atoms with van der Waals surface area (Å²) >= 11 is 0. The number of nitrogens with one attached hydrogen (secondary N) is 1. The maximum absolute atomic E-state index is 5.81. The van der Waals surface area contributed by atoms with Gasteiger partial charge in [0, 0.05) is 6.54 Å². The first-order valence-corrected chi connectivity index (χ1v) is 5.96. The Labute approximate surface area is 124 Å². The quantitative estimate of drug-likeness (QED) is 0.672. The molecule has 2 aromatic carbocycles. The van der Waals surface area contributed by atoms with Gasteiger partial charge in [-0.05, 0) is 11.1 Å². The van der Waals surface area contributed by atoms with E-state index < -0.39 is 0 Å². The van der Waals surface area contributed by atoms with E-state index in [0.29, 0.717) is 19.0 Å². The lowest BCUT2D eigenvalue weighted by Gasteiger charge is -2.05. The molecule has 3 nitrogen and oxygen atoms in total. The van der Waals surface area contributed by atoms with Gasteiger partial charge in [0.15, 0.2) is 5.96 Å². The molecule has 0 atom stereocenters. The second-order valence-electron chi connectivity index (χ2n) is 4.03. The number of benzene rings is 2. The Kier molecular flexibility index (Phi) is 6.68. The Hall–Kier alpha value is -1.81. The minimum Gasteiger partial charge on any atom is -0.370 e. The van der Waals surface area contributed by atoms with Crippen LogP contribution in [0.15, 0.2) is 65.7 Å². The molecule has 0 amide bonds. The van der Waals surface area contributed by atoms with E-state index >= 15 is 0 Å². The summed E-state index contributed by atoms with van der Waals surface area (Å²) in [6, 6.07) is 20.2. The molecule has 0 aliphatic carbocycles. The van der Waals surface area contributed by atoms with E-state index in [4.69, 9.17) is 5.73 Å². The van der Waals surface area contributed by atoms with Crippen LogP contribution in [0.2, 0.25) is 0 Å². The number of halogens is 1. The Morgan fingerprint density at radius 1 is 0.895 bits per heavy atom. The highest BCUT2D eigenvalue weighted by Gasteiger charge is 1.94. The molecule has 0 aliphatic rings. The number of nitrogens with zero attached hydrogens (tertiary/aromatic N) is 1. The molecule has 2 rings (SSSR count). The molecule has 4 heteroatoms. The van der Waals surface area contributed by atoms with Crippen LogP contribution in [0.1, 0.15) is 11.1 Å². The van der Waals surface area contributed by atoms with Crippen molar-refractivity contribution in [3.8, 4) is 0 Å². The summed E-state index contributed by atoms with van der Waals surface area (Å²) in [4.78, 5) is 4.29. The maximum Gasteiger partial charge on any atom is 0.189 e. The lowest BCUT2D eigenvalue weighted by Crippen LogP contribution is -2.31. The van der Waals surface area contributed by atoms with E-state index in [-0.39, 0.29) is 17.0 Å². The molecule has 0 radical (unpaired) electrons. The molecule has 0 saturated carbocycles. The Morgan fingerprint density at radius 2 is 1.42 bits per heavy atom. The largest absolute Gasteiger partial charge is 0.370 e. The molecular formula is C15H18BrN3. The van der Waals surface area contributed by atoms with Crippen LogP contribution >= 0.6 is 17.0 Å². The molecular weight excluding hydrogens is 302 g/mol. The molecule has 0 fully saturated rings. The van der Waals surface area contributed by atoms with Crippen LogP contribution in [0.5, 0.6) is 0 Å². The summed E-state index contributed by atoms with van der Waals surface area (Å²) in [5.74, 6) is 0.475. The number of guanidine groups is 1. The molecule has 0 spiro atoms. The number of hydrogen-bond donors (Lipinski definition) is 2. The first-order chi connectivity index (χ1) is 8.84. The van der Waals surface area contributed by atoms with Crippen LogP contribution < -0.4 is 11.1 Å². The van der Waals surface area contributed by atoms with Crippen LogP contribution in [0.3, 0.4) is 0 Å². The summed E-state index contributed by atoms with van der Waals surface area (Å²) < 4.78 is 0. The Morgan fingerprint density at radius 3 is 2.00 bits per heavy atom. The summed E-state index contributed by atoms with van der Waals surface area (Å²) in [5, 5.41) is 3.10. The summed E-state index contributed by atoms with van der Waals surface area (Å²) in [6.45, 7) is 1.30. The lowest BCUT2D eigenvalue weighted by atomic mass is 10.2. The van der Waals surface area contributed by atoms with Crippen LogP contribution in [-0.2, 0) is 13.1 Å². The Bertz CT molecular complexity index is 497. The third-order valence-corrected chi connectivity index (χ3v) is 2.59. The van der Waals surface area contributed by atoms with E-state index in [1.807, 2.05) is 48.5 Å². The Balaban J connectivity index is 0.00000180. The fourth-order valence-corrected chi connectivity index (χ4v) is 1.60. The highest BCUT2D eigenvalue weighted by molar-refractivity contribution is 8.93. The molecule has 0 bridgehead atoms. The van der Waals surface area contributed by atoms with E-state index in [9.17, 15) is 0 Å². The topological polar surface area (TPSA) is 50.4 Å². The molecule has 0 saturated heterocycles. The third kappa shape index (κ3) is 5.57. The van der Waals surface area contributed by atoms with Gasteiger partial charge in [0.25, 0.3) is 0 Å². The van der Waals surface area contributed by atoms with Gasteiger partial charge in [0.1, 0.15) is 0 Å². The van der Waals surface area contributed by atoms with E-state index in [2.05, 4.69) is 22.4 Å². The van der Waals surface area contributed by atoms with Crippen molar-refractivity contribution in [2.24, 2.45) is 10.7 Å². The molecule has 3 N–H and O–H groups in total. The molecule has 0 unspecified atom stereocenters. The fourth-order valence-electron chi connectivity index (χ4n) is 1.60. The van der Waals surface area contributed by atoms with Crippen molar-refractivity contribution in [3.05, 3.63) is 71.8 Å². The number of rotatable bonds is 4. The predicted molar refractivity (Wildman–Crippen MR) is 85.4 cm³/mol. The van der Waals surface area contributed by atoms with Crippen molar-refractivity contribution in [2.45, 2.75) is 13.1 Å². The van der Waals surface area contributed by atoms with Crippen molar-refractivity contribution >= 4 is 22.9 Å². The molecule has 100 valence electrons. The van der Waals surface area contributed by atoms with Gasteiger partial charge in [0.2, 0.25) is 0 Å². The normalized spacial score (nSPS) is 10.6. The second-order valence-corrected chi connectivity index (χ2v) is 4.03. The van der Waals surface area contributed by atoms with Crippen LogP contribution in [0.25, 0.3) is 0 Å². The van der Waals surface area contributed by atoms with Crippen LogP contribution in [-0.4, -0.2) is 5.96 Å². The van der Waals surface area contributed by atoms with E-state index in [1.54, 1.807) is 0 Å². The van der Waals surface area contributed by atoms with Crippen molar-refractivity contribution in [1.29, 1.82) is 0 Å². The van der Waals surface area contributed by atoms with Crippen LogP contribution in [0, 0.1) is 0 Å². The van der Waals surface area contributed by atoms with Gasteiger partial charge in [-0.3, -0.25) is 0 Å². The average Bonchev–Trinajstić information content (AvgIpc) is 2.45. The molecule has 19 heavy (non-hydrogen) atoms. The zero-order chi connectivity index (χ0) is 12.6. The summed E-state index contributed by atoms with van der Waals surface area (Å²) in [7, 11) is 0. The van der Waals surface area contributed by atoms with Gasteiger partial charge in [-0.25, -0.2) is 4.99 Å². The van der Waals surface area contributed by atoms with Gasteiger partial charge >= 0.3 is 0 Å². The summed E-state index contributed by atoms with van der Waals surface area (Å²) in [5.41, 5.74) is 8.15. The van der Waals surface area contributed by atoms with Gasteiger partial charge in [-0.15, -0.1) is 17.0 Å². The van der Waals surface area contributed by atoms with Crippen molar-refractivity contribution in [3.63, 3.8) is 0 Å². The van der Waals surface area contributed by atoms with Crippen molar-refractivity contribution in [1.82, 2.24) is 5.32 Å². The van der Waals surface area contributed by atoms with Gasteiger partial charge in [-0.1, -0.05) is 60.7 Å². The highest BCUT2D eigenvalue weighted by Crippen LogP contribution is 2.00. The van der Waals surface area contributed by atoms with Crippen molar-refractivity contribution in [2.75, 3.05) is 0 Å². The lowest BCUT2D eigenvalue weighted by molar-refractivity contribution is 0.885. The standard InChI is InChI=1S/C15H17N3.BrH/c16-15(17-11-13-7-3-1-4-8-13)18-12-14-9-5-2-6-10-14;/h1-10H,11-12H2,(H3,16,17,18);1H. The number of aliphatic imine (C=N–C) groups is 1. The molecule has 2 aromatic rings. The molecule has 0 heterocycles. The number of hydrogen-bond acceptors (Lipinski definition) is 1. The monoisotopic (exact) mass is 319 g/mol. The maximum atomic E-state index is 5.81. The van der Waals surface area contributed by atoms with Crippen LogP contribution in [0.4, 0.5) is 0 Å². The second kappa shape index (κ2) is 8.32. The highest BCUT2D eigenvalue weighted by atomic mass is 79.9. The minimum absolute atomic E-state index is 0.